The maximum absolute atomic E-state index is 12.8. The average molecular weight is 369 g/mol. The van der Waals surface area contributed by atoms with E-state index in [-0.39, 0.29) is 11.4 Å². The number of likely N-dealkylation sites (tertiary alicyclic amines) is 1. The molecule has 7 heteroatoms. The Balaban J connectivity index is 1.62. The summed E-state index contributed by atoms with van der Waals surface area (Å²) in [6.45, 7) is 7.11. The molecule has 1 amide bonds. The number of nitrogens with zero attached hydrogens (tertiary/aromatic N) is 4. The zero-order valence-electron chi connectivity index (χ0n) is 15.0. The van der Waals surface area contributed by atoms with Crippen molar-refractivity contribution in [2.75, 3.05) is 52.6 Å². The molecule has 3 heterocycles. The summed E-state index contributed by atoms with van der Waals surface area (Å²) in [6, 6.07) is 0. The first-order chi connectivity index (χ1) is 11.5. The molecular weight excluding hydrogens is 340 g/mol. The lowest BCUT2D eigenvalue weighted by molar-refractivity contribution is -0.130. The van der Waals surface area contributed by atoms with E-state index in [1.165, 1.54) is 0 Å². The quantitative estimate of drug-likeness (QED) is 0.765. The van der Waals surface area contributed by atoms with Crippen molar-refractivity contribution in [1.29, 1.82) is 0 Å². The molecule has 5 nitrogen and oxygen atoms in total. The molecule has 2 aliphatic heterocycles. The first kappa shape index (κ1) is 18.2. The molecule has 0 bridgehead atoms. The first-order valence-electron chi connectivity index (χ1n) is 8.71. The number of carbonyl (C=O) groups excluding carboxylic acids is 1. The molecule has 1 spiro atoms. The van der Waals surface area contributed by atoms with Crippen molar-refractivity contribution in [3.8, 4) is 0 Å². The van der Waals surface area contributed by atoms with Gasteiger partial charge in [0, 0.05) is 36.2 Å². The van der Waals surface area contributed by atoms with E-state index in [9.17, 15) is 4.79 Å². The van der Waals surface area contributed by atoms with Gasteiger partial charge in [0.1, 0.15) is 0 Å². The molecule has 0 aromatic carbocycles. The lowest BCUT2D eigenvalue weighted by Crippen LogP contribution is -2.58. The standard InChI is InChI=1S/C17H28N4OS2/c1-14-11-23-16(18-14)24-12-15(22)21-8-4-7-20(3)17(13-21)5-9-19(2)10-6-17/h11H,4-10,12-13H2,1-3H3. The third-order valence-electron chi connectivity index (χ3n) is 5.40. The summed E-state index contributed by atoms with van der Waals surface area (Å²) < 4.78 is 1.00. The number of amides is 1. The Morgan fingerprint density at radius 2 is 2.04 bits per heavy atom. The Hall–Kier alpha value is -0.630. The molecule has 0 atom stereocenters. The molecule has 0 N–H and O–H groups in total. The number of carbonyl (C=O) groups is 1. The minimum absolute atomic E-state index is 0.168. The predicted molar refractivity (Wildman–Crippen MR) is 101 cm³/mol. The van der Waals surface area contributed by atoms with E-state index in [1.54, 1.807) is 23.1 Å². The monoisotopic (exact) mass is 368 g/mol. The third kappa shape index (κ3) is 4.12. The molecule has 0 saturated carbocycles. The van der Waals surface area contributed by atoms with E-state index in [1.807, 2.05) is 12.3 Å². The highest BCUT2D eigenvalue weighted by molar-refractivity contribution is 8.01. The molecule has 2 aliphatic rings. The summed E-state index contributed by atoms with van der Waals surface area (Å²) in [4.78, 5) is 24.3. The van der Waals surface area contributed by atoms with Crippen LogP contribution in [0.25, 0.3) is 0 Å². The van der Waals surface area contributed by atoms with Crippen LogP contribution in [0.4, 0.5) is 0 Å². The Bertz CT molecular complexity index is 569. The Morgan fingerprint density at radius 1 is 1.29 bits per heavy atom. The molecule has 24 heavy (non-hydrogen) atoms. The van der Waals surface area contributed by atoms with E-state index in [4.69, 9.17) is 0 Å². The predicted octanol–water partition coefficient (Wildman–Crippen LogP) is 2.17. The van der Waals surface area contributed by atoms with Crippen molar-refractivity contribution in [3.63, 3.8) is 0 Å². The van der Waals surface area contributed by atoms with Crippen molar-refractivity contribution in [3.05, 3.63) is 11.1 Å². The smallest absolute Gasteiger partial charge is 0.233 e. The van der Waals surface area contributed by atoms with E-state index in [0.29, 0.717) is 5.75 Å². The average Bonchev–Trinajstić information content (AvgIpc) is 2.91. The summed E-state index contributed by atoms with van der Waals surface area (Å²) >= 11 is 3.21. The summed E-state index contributed by atoms with van der Waals surface area (Å²) in [7, 11) is 4.44. The summed E-state index contributed by atoms with van der Waals surface area (Å²) in [6.07, 6.45) is 3.38. The van der Waals surface area contributed by atoms with Gasteiger partial charge >= 0.3 is 0 Å². The zero-order chi connectivity index (χ0) is 17.2. The highest BCUT2D eigenvalue weighted by Gasteiger charge is 2.41. The van der Waals surface area contributed by atoms with Crippen LogP contribution in [0.15, 0.2) is 9.72 Å². The van der Waals surface area contributed by atoms with Crippen molar-refractivity contribution < 1.29 is 4.79 Å². The van der Waals surface area contributed by atoms with Gasteiger partial charge in [-0.2, -0.15) is 0 Å². The molecule has 1 aromatic heterocycles. The van der Waals surface area contributed by atoms with Crippen molar-refractivity contribution >= 4 is 29.0 Å². The van der Waals surface area contributed by atoms with Gasteiger partial charge in [0.25, 0.3) is 0 Å². The van der Waals surface area contributed by atoms with Gasteiger partial charge in [-0.25, -0.2) is 4.98 Å². The SMILES string of the molecule is Cc1csc(SCC(=O)N2CCCN(C)C3(CCN(C)CC3)C2)n1. The van der Waals surface area contributed by atoms with Crippen LogP contribution in [0.3, 0.4) is 0 Å². The number of aromatic nitrogens is 1. The minimum Gasteiger partial charge on any atom is -0.340 e. The van der Waals surface area contributed by atoms with Gasteiger partial charge in [-0.1, -0.05) is 11.8 Å². The van der Waals surface area contributed by atoms with E-state index in [0.717, 1.165) is 62.0 Å². The molecule has 3 rings (SSSR count). The maximum atomic E-state index is 12.8. The zero-order valence-corrected chi connectivity index (χ0v) is 16.6. The van der Waals surface area contributed by atoms with Crippen LogP contribution >= 0.6 is 23.1 Å². The molecule has 0 unspecified atom stereocenters. The van der Waals surface area contributed by atoms with Gasteiger partial charge < -0.3 is 9.80 Å². The van der Waals surface area contributed by atoms with Gasteiger partial charge in [-0.15, -0.1) is 11.3 Å². The summed E-state index contributed by atoms with van der Waals surface area (Å²) in [5.74, 6) is 0.772. The number of hydrogen-bond donors (Lipinski definition) is 0. The normalized spacial score (nSPS) is 22.7. The van der Waals surface area contributed by atoms with Gasteiger partial charge in [-0.05, 0) is 53.4 Å². The number of likely N-dealkylation sites (N-methyl/N-ethyl adjacent to an activating group) is 1. The highest BCUT2D eigenvalue weighted by Crippen LogP contribution is 2.31. The second-order valence-electron chi connectivity index (χ2n) is 7.16. The van der Waals surface area contributed by atoms with Crippen LogP contribution in [-0.4, -0.2) is 83.7 Å². The largest absolute Gasteiger partial charge is 0.340 e. The van der Waals surface area contributed by atoms with E-state index >= 15 is 0 Å². The van der Waals surface area contributed by atoms with Gasteiger partial charge in [0.15, 0.2) is 4.34 Å². The second kappa shape index (κ2) is 7.72. The number of thiazole rings is 1. The number of piperidine rings is 1. The molecule has 134 valence electrons. The fourth-order valence-electron chi connectivity index (χ4n) is 3.69. The lowest BCUT2D eigenvalue weighted by atomic mass is 9.85. The number of thioether (sulfide) groups is 1. The Morgan fingerprint density at radius 3 is 2.71 bits per heavy atom. The van der Waals surface area contributed by atoms with Crippen LogP contribution in [0, 0.1) is 6.92 Å². The van der Waals surface area contributed by atoms with E-state index < -0.39 is 0 Å². The molecule has 1 aromatic rings. The van der Waals surface area contributed by atoms with Gasteiger partial charge in [0.05, 0.1) is 5.75 Å². The Kier molecular flexibility index (Phi) is 5.85. The fraction of sp³-hybridized carbons (Fsp3) is 0.765. The first-order valence-corrected chi connectivity index (χ1v) is 10.6. The molecule has 0 aliphatic carbocycles. The van der Waals surface area contributed by atoms with Crippen LogP contribution < -0.4 is 0 Å². The number of rotatable bonds is 3. The Labute approximate surface area is 153 Å². The number of aryl methyl sites for hydroxylation is 1. The van der Waals surface area contributed by atoms with Crippen molar-refractivity contribution in [1.82, 2.24) is 19.7 Å². The summed E-state index contributed by atoms with van der Waals surface area (Å²) in [5, 5.41) is 2.04. The summed E-state index contributed by atoms with van der Waals surface area (Å²) in [5.41, 5.74) is 1.21. The van der Waals surface area contributed by atoms with Crippen molar-refractivity contribution in [2.24, 2.45) is 0 Å². The van der Waals surface area contributed by atoms with Crippen LogP contribution in [0.5, 0.6) is 0 Å². The topological polar surface area (TPSA) is 39.7 Å². The van der Waals surface area contributed by atoms with Crippen LogP contribution in [-0.2, 0) is 4.79 Å². The molecule has 0 radical (unpaired) electrons. The molecule has 2 saturated heterocycles. The van der Waals surface area contributed by atoms with Gasteiger partial charge in [0.2, 0.25) is 5.91 Å². The highest BCUT2D eigenvalue weighted by atomic mass is 32.2. The van der Waals surface area contributed by atoms with Gasteiger partial charge in [-0.3, -0.25) is 9.69 Å². The molecule has 2 fully saturated rings. The number of hydrogen-bond acceptors (Lipinski definition) is 6. The second-order valence-corrected chi connectivity index (χ2v) is 9.24. The lowest BCUT2D eigenvalue weighted by Gasteiger charge is -2.47. The van der Waals surface area contributed by atoms with Crippen LogP contribution in [0.1, 0.15) is 25.0 Å². The van der Waals surface area contributed by atoms with Crippen molar-refractivity contribution in [2.45, 2.75) is 36.1 Å². The fourth-order valence-corrected chi connectivity index (χ4v) is 5.44. The van der Waals surface area contributed by atoms with Crippen LogP contribution in [0.2, 0.25) is 0 Å². The maximum Gasteiger partial charge on any atom is 0.233 e. The van der Waals surface area contributed by atoms with E-state index in [2.05, 4.69) is 33.8 Å². The third-order valence-corrected chi connectivity index (χ3v) is 7.53. The minimum atomic E-state index is 0.168. The molecular formula is C17H28N4OS2.